The van der Waals surface area contributed by atoms with Gasteiger partial charge in [-0.2, -0.15) is 0 Å². The number of ether oxygens (including phenoxy) is 4. The van der Waals surface area contributed by atoms with Gasteiger partial charge in [0.05, 0.1) is 31.6 Å². The molecule has 1 N–H and O–H groups in total. The summed E-state index contributed by atoms with van der Waals surface area (Å²) in [5, 5.41) is 15.9. The topological polar surface area (TPSA) is 145 Å². The summed E-state index contributed by atoms with van der Waals surface area (Å²) in [4.78, 5) is 27.7. The summed E-state index contributed by atoms with van der Waals surface area (Å²) >= 11 is 0. The predicted molar refractivity (Wildman–Crippen MR) is 148 cm³/mol. The Morgan fingerprint density at radius 2 is 1.36 bits per heavy atom. The van der Waals surface area contributed by atoms with Crippen LogP contribution in [-0.2, 0) is 38.8 Å². The molecule has 3 aromatic carbocycles. The third-order valence-electron chi connectivity index (χ3n) is 6.98. The van der Waals surface area contributed by atoms with Gasteiger partial charge in [-0.05, 0) is 21.6 Å². The maximum Gasteiger partial charge on any atom is 0.334 e. The molecule has 12 nitrogen and oxygen atoms in total. The van der Waals surface area contributed by atoms with Crippen LogP contribution in [0.25, 0.3) is 11.2 Å². The van der Waals surface area contributed by atoms with E-state index in [4.69, 9.17) is 18.9 Å². The van der Waals surface area contributed by atoms with E-state index in [1.165, 1.54) is 0 Å². The molecule has 6 rings (SSSR count). The Morgan fingerprint density at radius 3 is 1.95 bits per heavy atom. The molecule has 0 spiro atoms. The van der Waals surface area contributed by atoms with Crippen molar-refractivity contribution in [2.24, 2.45) is 0 Å². The van der Waals surface area contributed by atoms with Gasteiger partial charge in [-0.1, -0.05) is 91.0 Å². The molecule has 216 valence electrons. The highest BCUT2D eigenvalue weighted by atomic mass is 16.8. The number of hydrogen-bond acceptors (Lipinski definition) is 9. The third kappa shape index (κ3) is 5.87. The van der Waals surface area contributed by atoms with Gasteiger partial charge in [0.15, 0.2) is 6.23 Å². The number of nitrogens with zero attached hydrogens (tertiary/aromatic N) is 3. The highest BCUT2D eigenvalue weighted by Crippen LogP contribution is 2.35. The second kappa shape index (κ2) is 12.5. The fourth-order valence-electron chi connectivity index (χ4n) is 4.96. The van der Waals surface area contributed by atoms with Crippen LogP contribution in [0.5, 0.6) is 0 Å². The van der Waals surface area contributed by atoms with Gasteiger partial charge >= 0.3 is 22.4 Å². The molecule has 5 aromatic rings. The lowest BCUT2D eigenvalue weighted by Crippen LogP contribution is -2.42. The highest BCUT2D eigenvalue weighted by molar-refractivity contribution is 5.63. The van der Waals surface area contributed by atoms with Gasteiger partial charge in [0.2, 0.25) is 0 Å². The second-order valence-corrected chi connectivity index (χ2v) is 9.82. The number of aromatic amines is 1. The Labute approximate surface area is 239 Å². The number of H-pyrrole nitrogens is 1. The predicted octanol–water partition coefficient (Wildman–Crippen LogP) is 2.60. The molecular formula is C30H28N4O8. The quantitative estimate of drug-likeness (QED) is 0.236. The summed E-state index contributed by atoms with van der Waals surface area (Å²) in [6, 6.07) is 28.8. The zero-order chi connectivity index (χ0) is 28.9. The van der Waals surface area contributed by atoms with Crippen LogP contribution < -0.4 is 16.2 Å². The van der Waals surface area contributed by atoms with Gasteiger partial charge in [0.1, 0.15) is 18.3 Å². The SMILES string of the molecule is O=c1[nH]c(=O)n([C@@H]2O[C@H](COCc3ccccc3)[C@@H](OCc3ccccc3)[C@H]2OCc2ccccc2)c2no[n+]([O-])c12. The minimum Gasteiger partial charge on any atom is -0.374 e. The summed E-state index contributed by atoms with van der Waals surface area (Å²) < 4.78 is 31.0. The van der Waals surface area contributed by atoms with Crippen molar-refractivity contribution in [3.63, 3.8) is 0 Å². The van der Waals surface area contributed by atoms with E-state index in [9.17, 15) is 14.8 Å². The molecule has 1 saturated heterocycles. The lowest BCUT2D eigenvalue weighted by Gasteiger charge is -2.25. The Morgan fingerprint density at radius 1 is 0.810 bits per heavy atom. The fraction of sp³-hybridized carbons (Fsp3) is 0.267. The first-order valence-corrected chi connectivity index (χ1v) is 13.4. The van der Waals surface area contributed by atoms with Crippen LogP contribution in [0.4, 0.5) is 0 Å². The standard InChI is InChI=1S/C30H28N4O8/c35-28-24-27(32-42-34(24)37)33(30(36)31-28)29-26(40-18-22-14-8-3-9-15-22)25(39-17-21-12-6-2-7-13-21)23(41-29)19-38-16-20-10-4-1-5-11-20/h1-15,23,25-26,29H,16-19H2,(H,31,35,36)/t23-,25-,26-,29-/m1/s1. The highest BCUT2D eigenvalue weighted by Gasteiger charge is 2.49. The smallest absolute Gasteiger partial charge is 0.334 e. The summed E-state index contributed by atoms with van der Waals surface area (Å²) in [5.74, 6) is 0. The van der Waals surface area contributed by atoms with E-state index in [0.29, 0.717) is 6.61 Å². The Balaban J connectivity index is 1.35. The van der Waals surface area contributed by atoms with Crippen LogP contribution in [-0.4, -0.2) is 39.6 Å². The molecule has 0 bridgehead atoms. The number of nitrogens with one attached hydrogen (secondary N) is 1. The molecule has 0 unspecified atom stereocenters. The zero-order valence-corrected chi connectivity index (χ0v) is 22.4. The van der Waals surface area contributed by atoms with Gasteiger partial charge in [-0.15, -0.1) is 0 Å². The molecule has 42 heavy (non-hydrogen) atoms. The number of benzene rings is 3. The van der Waals surface area contributed by atoms with Crippen molar-refractivity contribution in [1.82, 2.24) is 14.7 Å². The van der Waals surface area contributed by atoms with Gasteiger partial charge in [0.25, 0.3) is 0 Å². The van der Waals surface area contributed by atoms with Crippen LogP contribution in [0.2, 0.25) is 0 Å². The normalized spacial score (nSPS) is 20.3. The number of hydrogen-bond donors (Lipinski definition) is 1. The fourth-order valence-corrected chi connectivity index (χ4v) is 4.96. The minimum absolute atomic E-state index is 0.0528. The van der Waals surface area contributed by atoms with E-state index in [2.05, 4.69) is 14.8 Å². The first-order valence-electron chi connectivity index (χ1n) is 13.4. The summed E-state index contributed by atoms with van der Waals surface area (Å²) in [6.45, 7) is 0.852. The molecule has 0 aliphatic carbocycles. The van der Waals surface area contributed by atoms with Crippen molar-refractivity contribution in [2.75, 3.05) is 6.61 Å². The van der Waals surface area contributed by atoms with E-state index in [1.54, 1.807) is 0 Å². The first kappa shape index (κ1) is 27.5. The van der Waals surface area contributed by atoms with Crippen molar-refractivity contribution in [3.05, 3.63) is 134 Å². The molecular weight excluding hydrogens is 544 g/mol. The minimum atomic E-state index is -1.14. The third-order valence-corrected chi connectivity index (χ3v) is 6.98. The average molecular weight is 573 g/mol. The van der Waals surface area contributed by atoms with Crippen LogP contribution in [0.1, 0.15) is 22.9 Å². The van der Waals surface area contributed by atoms with Crippen LogP contribution in [0, 0.1) is 5.21 Å². The number of fused-ring (bicyclic) bond motifs is 1. The number of rotatable bonds is 11. The van der Waals surface area contributed by atoms with Crippen molar-refractivity contribution in [2.45, 2.75) is 44.4 Å². The Hall–Kier alpha value is -4.62. The van der Waals surface area contributed by atoms with E-state index in [1.807, 2.05) is 91.0 Å². The molecule has 4 atom stereocenters. The van der Waals surface area contributed by atoms with Crippen molar-refractivity contribution >= 4 is 11.2 Å². The summed E-state index contributed by atoms with van der Waals surface area (Å²) in [6.07, 6.45) is -3.42. The molecule has 0 amide bonds. The monoisotopic (exact) mass is 572 g/mol. The molecule has 0 saturated carbocycles. The molecule has 1 aliphatic rings. The lowest BCUT2D eigenvalue weighted by molar-refractivity contribution is -0.782. The van der Waals surface area contributed by atoms with Gasteiger partial charge in [-0.3, -0.25) is 14.4 Å². The molecule has 1 aliphatic heterocycles. The molecule has 0 radical (unpaired) electrons. The Bertz CT molecular complexity index is 1720. The summed E-state index contributed by atoms with van der Waals surface area (Å²) in [7, 11) is 0. The van der Waals surface area contributed by atoms with Crippen LogP contribution >= 0.6 is 0 Å². The van der Waals surface area contributed by atoms with E-state index in [0.717, 1.165) is 21.3 Å². The summed E-state index contributed by atoms with van der Waals surface area (Å²) in [5.41, 5.74) is 0.287. The van der Waals surface area contributed by atoms with E-state index < -0.39 is 41.3 Å². The molecule has 12 heteroatoms. The van der Waals surface area contributed by atoms with Crippen LogP contribution in [0.15, 0.2) is 105 Å². The van der Waals surface area contributed by atoms with Crippen molar-refractivity contribution < 1.29 is 28.5 Å². The molecule has 1 fully saturated rings. The van der Waals surface area contributed by atoms with E-state index >= 15 is 0 Å². The van der Waals surface area contributed by atoms with Crippen LogP contribution in [0.3, 0.4) is 0 Å². The largest absolute Gasteiger partial charge is 0.374 e. The second-order valence-electron chi connectivity index (χ2n) is 9.82. The maximum absolute atomic E-state index is 13.2. The average Bonchev–Trinajstić information content (AvgIpc) is 3.56. The van der Waals surface area contributed by atoms with Gasteiger partial charge in [0, 0.05) is 0 Å². The van der Waals surface area contributed by atoms with Gasteiger partial charge < -0.3 is 24.2 Å². The van der Waals surface area contributed by atoms with Crippen molar-refractivity contribution in [3.8, 4) is 0 Å². The lowest BCUT2D eigenvalue weighted by atomic mass is 10.1. The van der Waals surface area contributed by atoms with Crippen molar-refractivity contribution in [1.29, 1.82) is 0 Å². The Kier molecular flexibility index (Phi) is 8.19. The maximum atomic E-state index is 13.2. The van der Waals surface area contributed by atoms with E-state index in [-0.39, 0.29) is 30.4 Å². The number of aromatic nitrogens is 4. The first-order chi connectivity index (χ1) is 20.6. The molecule has 2 aromatic heterocycles. The zero-order valence-electron chi connectivity index (χ0n) is 22.4. The van der Waals surface area contributed by atoms with Gasteiger partial charge in [-0.25, -0.2) is 9.36 Å². The molecule has 3 heterocycles.